The zero-order chi connectivity index (χ0) is 20.5. The van der Waals surface area contributed by atoms with Gasteiger partial charge in [-0.1, -0.05) is 49.4 Å². The normalized spacial score (nSPS) is 16.2. The van der Waals surface area contributed by atoms with E-state index in [0.717, 1.165) is 50.1 Å². The summed E-state index contributed by atoms with van der Waals surface area (Å²) in [6, 6.07) is 17.5. The van der Waals surface area contributed by atoms with E-state index in [1.165, 1.54) is 23.1 Å². The molecule has 0 radical (unpaired) electrons. The topological polar surface area (TPSA) is 36.9 Å². The van der Waals surface area contributed by atoms with Crippen LogP contribution < -0.4 is 10.1 Å². The van der Waals surface area contributed by atoms with Gasteiger partial charge in [0.2, 0.25) is 0 Å². The van der Waals surface area contributed by atoms with Crippen LogP contribution in [0.5, 0.6) is 5.75 Å². The molecule has 0 fully saturated rings. The number of hydrazone groups is 1. The molecule has 0 spiro atoms. The third kappa shape index (κ3) is 6.29. The predicted molar refractivity (Wildman–Crippen MR) is 126 cm³/mol. The third-order valence-corrected chi connectivity index (χ3v) is 5.62. The minimum absolute atomic E-state index is 0.325. The highest BCUT2D eigenvalue weighted by Gasteiger charge is 2.27. The summed E-state index contributed by atoms with van der Waals surface area (Å²) in [7, 11) is 2.77. The van der Waals surface area contributed by atoms with E-state index in [4.69, 9.17) is 9.84 Å². The van der Waals surface area contributed by atoms with Crippen molar-refractivity contribution in [1.82, 2.24) is 10.3 Å². The van der Waals surface area contributed by atoms with Gasteiger partial charge in [-0.3, -0.25) is 5.01 Å². The summed E-state index contributed by atoms with van der Waals surface area (Å²) >= 11 is 0. The fraction of sp³-hybridized carbons (Fsp3) is 0.458. The molecule has 3 rings (SSSR count). The summed E-state index contributed by atoms with van der Waals surface area (Å²) in [6.07, 6.45) is 4.35. The fourth-order valence-electron chi connectivity index (χ4n) is 3.71. The smallest absolute Gasteiger partial charge is 0.128 e. The Kier molecular flexibility index (Phi) is 8.52. The highest BCUT2D eigenvalue weighted by Crippen LogP contribution is 2.31. The minimum atomic E-state index is 0.325. The molecular weight excluding hydrogens is 377 g/mol. The van der Waals surface area contributed by atoms with Crippen molar-refractivity contribution in [1.29, 1.82) is 0 Å². The lowest BCUT2D eigenvalue weighted by Gasteiger charge is -2.23. The Morgan fingerprint density at radius 1 is 1.21 bits per heavy atom. The number of rotatable bonds is 11. The maximum atomic E-state index is 6.15. The number of nitrogens with zero attached hydrogens (tertiary/aromatic N) is 2. The molecule has 5 heteroatoms. The van der Waals surface area contributed by atoms with Gasteiger partial charge < -0.3 is 10.1 Å². The number of hydrogen-bond acceptors (Lipinski definition) is 4. The Hall–Kier alpha value is -1.90. The fourth-order valence-corrected chi connectivity index (χ4v) is 3.92. The average Bonchev–Trinajstić information content (AvgIpc) is 3.14. The van der Waals surface area contributed by atoms with Crippen molar-refractivity contribution in [3.63, 3.8) is 0 Å². The van der Waals surface area contributed by atoms with Gasteiger partial charge in [0.05, 0.1) is 11.8 Å². The van der Waals surface area contributed by atoms with Gasteiger partial charge in [0.15, 0.2) is 0 Å². The van der Waals surface area contributed by atoms with E-state index in [-0.39, 0.29) is 0 Å². The molecule has 0 bridgehead atoms. The first kappa shape index (κ1) is 21.8. The molecule has 1 aliphatic heterocycles. The van der Waals surface area contributed by atoms with Crippen LogP contribution in [0.15, 0.2) is 53.6 Å². The van der Waals surface area contributed by atoms with Crippen molar-refractivity contribution >= 4 is 15.0 Å². The van der Waals surface area contributed by atoms with Gasteiger partial charge >= 0.3 is 0 Å². The van der Waals surface area contributed by atoms with Crippen molar-refractivity contribution in [2.75, 3.05) is 25.9 Å². The largest absolute Gasteiger partial charge is 0.487 e. The van der Waals surface area contributed by atoms with Crippen LogP contribution in [0, 0.1) is 6.92 Å². The Balaban J connectivity index is 1.57. The Labute approximate surface area is 177 Å². The third-order valence-electron chi connectivity index (χ3n) is 5.22. The average molecular weight is 412 g/mol. The van der Waals surface area contributed by atoms with Crippen molar-refractivity contribution in [2.24, 2.45) is 5.10 Å². The molecule has 156 valence electrons. The maximum absolute atomic E-state index is 6.15. The summed E-state index contributed by atoms with van der Waals surface area (Å²) in [5.74, 6) is 0.951. The molecule has 2 aromatic rings. The predicted octanol–water partition coefficient (Wildman–Crippen LogP) is 4.94. The van der Waals surface area contributed by atoms with E-state index in [1.54, 1.807) is 0 Å². The van der Waals surface area contributed by atoms with E-state index in [0.29, 0.717) is 12.6 Å². The maximum Gasteiger partial charge on any atom is 0.128 e. The zero-order valence-corrected chi connectivity index (χ0v) is 18.9. The van der Waals surface area contributed by atoms with Gasteiger partial charge in [-0.2, -0.15) is 5.10 Å². The molecule has 0 saturated carbocycles. The van der Waals surface area contributed by atoms with E-state index >= 15 is 0 Å². The number of nitrogens with one attached hydrogen (secondary N) is 1. The molecule has 2 unspecified atom stereocenters. The molecular formula is C24H34N3OP. The van der Waals surface area contributed by atoms with Gasteiger partial charge in [-0.05, 0) is 55.2 Å². The van der Waals surface area contributed by atoms with E-state index in [1.807, 2.05) is 0 Å². The van der Waals surface area contributed by atoms with E-state index < -0.39 is 0 Å². The second kappa shape index (κ2) is 11.3. The molecule has 1 heterocycles. The molecule has 1 N–H and O–H groups in total. The second-order valence-electron chi connectivity index (χ2n) is 7.67. The number of aryl methyl sites for hydroxylation is 1. The summed E-state index contributed by atoms with van der Waals surface area (Å²) < 4.78 is 6.15. The first-order chi connectivity index (χ1) is 14.2. The van der Waals surface area contributed by atoms with Crippen molar-refractivity contribution in [3.05, 3.63) is 65.2 Å². The lowest BCUT2D eigenvalue weighted by Crippen LogP contribution is -2.20. The number of hydrogen-bond donors (Lipinski definition) is 1. The van der Waals surface area contributed by atoms with Crippen LogP contribution in [0.1, 0.15) is 48.9 Å². The quantitative estimate of drug-likeness (QED) is 0.420. The molecule has 29 heavy (non-hydrogen) atoms. The Morgan fingerprint density at radius 2 is 2.03 bits per heavy atom. The van der Waals surface area contributed by atoms with Gasteiger partial charge in [0.1, 0.15) is 12.4 Å². The SMILES string of the molecule is CCCN1N=C(COc2ccc(CNCCCP)cc2C)CC1c1ccccc1. The highest BCUT2D eigenvalue weighted by atomic mass is 31.0. The monoisotopic (exact) mass is 411 g/mol. The van der Waals surface area contributed by atoms with Crippen LogP contribution in [-0.2, 0) is 6.54 Å². The molecule has 4 nitrogen and oxygen atoms in total. The molecule has 1 aliphatic rings. The highest BCUT2D eigenvalue weighted by molar-refractivity contribution is 7.16. The minimum Gasteiger partial charge on any atom is -0.487 e. The first-order valence-corrected chi connectivity index (χ1v) is 11.5. The number of benzene rings is 2. The zero-order valence-electron chi connectivity index (χ0n) is 17.7. The summed E-state index contributed by atoms with van der Waals surface area (Å²) in [5, 5.41) is 10.6. The molecule has 0 aromatic heterocycles. The van der Waals surface area contributed by atoms with Gasteiger partial charge in [-0.25, -0.2) is 0 Å². The molecule has 2 aromatic carbocycles. The Morgan fingerprint density at radius 3 is 2.76 bits per heavy atom. The first-order valence-electron chi connectivity index (χ1n) is 10.7. The summed E-state index contributed by atoms with van der Waals surface area (Å²) in [5.41, 5.74) is 4.93. The van der Waals surface area contributed by atoms with Crippen LogP contribution >= 0.6 is 9.24 Å². The molecule has 0 saturated heterocycles. The molecule has 2 atom stereocenters. The van der Waals surface area contributed by atoms with Crippen LogP contribution in [0.25, 0.3) is 0 Å². The van der Waals surface area contributed by atoms with Crippen LogP contribution in [-0.4, -0.2) is 36.6 Å². The van der Waals surface area contributed by atoms with E-state index in [9.17, 15) is 0 Å². The molecule has 0 aliphatic carbocycles. The summed E-state index contributed by atoms with van der Waals surface area (Å²) in [6.45, 7) is 7.80. The lowest BCUT2D eigenvalue weighted by molar-refractivity contribution is 0.234. The second-order valence-corrected chi connectivity index (χ2v) is 8.24. The molecule has 0 amide bonds. The lowest BCUT2D eigenvalue weighted by atomic mass is 10.0. The van der Waals surface area contributed by atoms with E-state index in [2.05, 4.69) is 81.9 Å². The number of ether oxygens (including phenoxy) is 1. The van der Waals surface area contributed by atoms with Crippen molar-refractivity contribution < 1.29 is 4.74 Å². The summed E-state index contributed by atoms with van der Waals surface area (Å²) in [4.78, 5) is 0. The van der Waals surface area contributed by atoms with Gasteiger partial charge in [0, 0.05) is 19.5 Å². The van der Waals surface area contributed by atoms with Gasteiger partial charge in [0.25, 0.3) is 0 Å². The van der Waals surface area contributed by atoms with Crippen LogP contribution in [0.4, 0.5) is 0 Å². The van der Waals surface area contributed by atoms with Crippen LogP contribution in [0.3, 0.4) is 0 Å². The Bertz CT molecular complexity index is 794. The van der Waals surface area contributed by atoms with Crippen molar-refractivity contribution in [2.45, 2.75) is 45.7 Å². The standard InChI is InChI=1S/C24H34N3OP/c1-3-13-27-23(21-8-5-4-6-9-21)16-22(26-27)18-28-24-11-10-20(15-19(24)2)17-25-12-7-14-29/h4-6,8-11,15,23,25H,3,7,12-14,16-18,29H2,1-2H3. The van der Waals surface area contributed by atoms with Crippen molar-refractivity contribution in [3.8, 4) is 5.75 Å². The van der Waals surface area contributed by atoms with Gasteiger partial charge in [-0.15, -0.1) is 9.24 Å². The van der Waals surface area contributed by atoms with Crippen LogP contribution in [0.2, 0.25) is 0 Å².